The highest BCUT2D eigenvalue weighted by molar-refractivity contribution is 6.18. The molecule has 1 heteroatoms. The first-order valence-corrected chi connectivity index (χ1v) is 6.92. The molecule has 0 aliphatic rings. The SMILES string of the molecule is Cc1cccc(C)c1CC(CCl)c1ccccc1. The second kappa shape index (κ2) is 6.06. The van der Waals surface area contributed by atoms with Gasteiger partial charge in [-0.1, -0.05) is 48.5 Å². The predicted octanol–water partition coefficient (Wildman–Crippen LogP) is 4.87. The van der Waals surface area contributed by atoms with Crippen LogP contribution < -0.4 is 0 Å². The highest BCUT2D eigenvalue weighted by Crippen LogP contribution is 2.25. The Bertz CT molecular complexity index is 482. The molecule has 2 rings (SSSR count). The maximum absolute atomic E-state index is 6.16. The summed E-state index contributed by atoms with van der Waals surface area (Å²) in [6, 6.07) is 17.0. The number of aryl methyl sites for hydroxylation is 2. The van der Waals surface area contributed by atoms with Crippen molar-refractivity contribution in [3.8, 4) is 0 Å². The summed E-state index contributed by atoms with van der Waals surface area (Å²) in [6.07, 6.45) is 1.02. The van der Waals surface area contributed by atoms with E-state index >= 15 is 0 Å². The Balaban J connectivity index is 2.26. The van der Waals surface area contributed by atoms with Gasteiger partial charge in [0.2, 0.25) is 0 Å². The summed E-state index contributed by atoms with van der Waals surface area (Å²) < 4.78 is 0. The third-order valence-corrected chi connectivity index (χ3v) is 3.92. The molecule has 18 heavy (non-hydrogen) atoms. The lowest BCUT2D eigenvalue weighted by atomic mass is 9.89. The largest absolute Gasteiger partial charge is 0.126 e. The predicted molar refractivity (Wildman–Crippen MR) is 79.5 cm³/mol. The zero-order valence-corrected chi connectivity index (χ0v) is 11.7. The quantitative estimate of drug-likeness (QED) is 0.687. The van der Waals surface area contributed by atoms with Gasteiger partial charge in [0.05, 0.1) is 0 Å². The molecule has 0 aromatic heterocycles. The van der Waals surface area contributed by atoms with E-state index in [0.717, 1.165) is 6.42 Å². The number of hydrogen-bond donors (Lipinski definition) is 0. The van der Waals surface area contributed by atoms with Gasteiger partial charge >= 0.3 is 0 Å². The van der Waals surface area contributed by atoms with E-state index in [1.54, 1.807) is 0 Å². The lowest BCUT2D eigenvalue weighted by molar-refractivity contribution is 0.758. The molecule has 2 aromatic rings. The monoisotopic (exact) mass is 258 g/mol. The first kappa shape index (κ1) is 13.2. The molecule has 1 atom stereocenters. The van der Waals surface area contributed by atoms with E-state index in [0.29, 0.717) is 11.8 Å². The Hall–Kier alpha value is -1.27. The Morgan fingerprint density at radius 3 is 2.06 bits per heavy atom. The van der Waals surface area contributed by atoms with Crippen LogP contribution in [-0.2, 0) is 6.42 Å². The van der Waals surface area contributed by atoms with Crippen molar-refractivity contribution in [2.75, 3.05) is 5.88 Å². The molecule has 0 nitrogen and oxygen atoms in total. The van der Waals surface area contributed by atoms with Gasteiger partial charge in [0.15, 0.2) is 0 Å². The molecule has 0 N–H and O–H groups in total. The van der Waals surface area contributed by atoms with Crippen molar-refractivity contribution in [3.05, 3.63) is 70.8 Å². The van der Waals surface area contributed by atoms with E-state index in [1.165, 1.54) is 22.3 Å². The molecule has 0 aliphatic heterocycles. The molecule has 2 aromatic carbocycles. The highest BCUT2D eigenvalue weighted by Gasteiger charge is 2.13. The van der Waals surface area contributed by atoms with Gasteiger partial charge in [-0.3, -0.25) is 0 Å². The van der Waals surface area contributed by atoms with Gasteiger partial charge in [-0.2, -0.15) is 0 Å². The molecule has 0 saturated heterocycles. The fourth-order valence-electron chi connectivity index (χ4n) is 2.40. The van der Waals surface area contributed by atoms with E-state index in [-0.39, 0.29) is 0 Å². The molecule has 0 radical (unpaired) electrons. The molecule has 1 unspecified atom stereocenters. The van der Waals surface area contributed by atoms with Crippen LogP contribution in [0.5, 0.6) is 0 Å². The van der Waals surface area contributed by atoms with Crippen molar-refractivity contribution in [1.29, 1.82) is 0 Å². The number of benzene rings is 2. The van der Waals surface area contributed by atoms with Gasteiger partial charge in [-0.15, -0.1) is 11.6 Å². The number of hydrogen-bond acceptors (Lipinski definition) is 0. The molecule has 0 bridgehead atoms. The fourth-order valence-corrected chi connectivity index (χ4v) is 2.69. The molecular weight excluding hydrogens is 240 g/mol. The summed E-state index contributed by atoms with van der Waals surface area (Å²) in [5, 5.41) is 0. The summed E-state index contributed by atoms with van der Waals surface area (Å²) in [7, 11) is 0. The first-order valence-electron chi connectivity index (χ1n) is 6.38. The third kappa shape index (κ3) is 2.94. The summed E-state index contributed by atoms with van der Waals surface area (Å²) in [4.78, 5) is 0. The van der Waals surface area contributed by atoms with Crippen LogP contribution in [0.25, 0.3) is 0 Å². The van der Waals surface area contributed by atoms with Gasteiger partial charge in [0.1, 0.15) is 0 Å². The maximum atomic E-state index is 6.16. The van der Waals surface area contributed by atoms with E-state index in [4.69, 9.17) is 11.6 Å². The number of rotatable bonds is 4. The smallest absolute Gasteiger partial charge is 0.0295 e. The van der Waals surface area contributed by atoms with Gasteiger partial charge < -0.3 is 0 Å². The Morgan fingerprint density at radius 2 is 1.50 bits per heavy atom. The van der Waals surface area contributed by atoms with Gasteiger partial charge in [-0.25, -0.2) is 0 Å². The molecular formula is C17H19Cl. The van der Waals surface area contributed by atoms with E-state index in [9.17, 15) is 0 Å². The van der Waals surface area contributed by atoms with Crippen LogP contribution in [0.3, 0.4) is 0 Å². The van der Waals surface area contributed by atoms with Gasteiger partial charge in [0.25, 0.3) is 0 Å². The zero-order chi connectivity index (χ0) is 13.0. The fraction of sp³-hybridized carbons (Fsp3) is 0.294. The van der Waals surface area contributed by atoms with Crippen molar-refractivity contribution in [1.82, 2.24) is 0 Å². The molecule has 0 fully saturated rings. The van der Waals surface area contributed by atoms with Crippen LogP contribution in [0.4, 0.5) is 0 Å². The molecule has 0 amide bonds. The Morgan fingerprint density at radius 1 is 0.889 bits per heavy atom. The minimum Gasteiger partial charge on any atom is -0.126 e. The summed E-state index contributed by atoms with van der Waals surface area (Å²) in [5.74, 6) is 1.06. The molecule has 0 heterocycles. The molecule has 0 saturated carbocycles. The van der Waals surface area contributed by atoms with Crippen molar-refractivity contribution >= 4 is 11.6 Å². The minimum absolute atomic E-state index is 0.396. The van der Waals surface area contributed by atoms with Crippen molar-refractivity contribution < 1.29 is 0 Å². The van der Waals surface area contributed by atoms with Gasteiger partial charge in [-0.05, 0) is 42.5 Å². The lowest BCUT2D eigenvalue weighted by Gasteiger charge is -2.17. The lowest BCUT2D eigenvalue weighted by Crippen LogP contribution is -2.07. The van der Waals surface area contributed by atoms with Crippen LogP contribution in [0.1, 0.15) is 28.2 Å². The maximum Gasteiger partial charge on any atom is 0.0295 e. The Labute approximate surface area is 115 Å². The minimum atomic E-state index is 0.396. The van der Waals surface area contributed by atoms with Crippen LogP contribution in [-0.4, -0.2) is 5.88 Å². The molecule has 0 aliphatic carbocycles. The average Bonchev–Trinajstić information content (AvgIpc) is 2.40. The van der Waals surface area contributed by atoms with Gasteiger partial charge in [0, 0.05) is 11.8 Å². The van der Waals surface area contributed by atoms with E-state index < -0.39 is 0 Å². The summed E-state index contributed by atoms with van der Waals surface area (Å²) >= 11 is 6.16. The van der Waals surface area contributed by atoms with Crippen LogP contribution in [0, 0.1) is 13.8 Å². The Kier molecular flexibility index (Phi) is 4.43. The van der Waals surface area contributed by atoms with Crippen LogP contribution >= 0.6 is 11.6 Å². The normalized spacial score (nSPS) is 12.4. The van der Waals surface area contributed by atoms with E-state index in [1.807, 2.05) is 6.07 Å². The number of alkyl halides is 1. The third-order valence-electron chi connectivity index (χ3n) is 3.55. The number of halogens is 1. The molecule has 94 valence electrons. The first-order chi connectivity index (χ1) is 8.72. The second-order valence-corrected chi connectivity index (χ2v) is 5.15. The summed E-state index contributed by atoms with van der Waals surface area (Å²) in [5.41, 5.74) is 5.49. The molecule has 0 spiro atoms. The highest BCUT2D eigenvalue weighted by atomic mass is 35.5. The van der Waals surface area contributed by atoms with Crippen LogP contribution in [0.2, 0.25) is 0 Å². The summed E-state index contributed by atoms with van der Waals surface area (Å²) in [6.45, 7) is 4.36. The average molecular weight is 259 g/mol. The van der Waals surface area contributed by atoms with Crippen molar-refractivity contribution in [2.45, 2.75) is 26.2 Å². The van der Waals surface area contributed by atoms with Crippen molar-refractivity contribution in [2.24, 2.45) is 0 Å². The topological polar surface area (TPSA) is 0 Å². The second-order valence-electron chi connectivity index (χ2n) is 4.84. The van der Waals surface area contributed by atoms with Crippen molar-refractivity contribution in [3.63, 3.8) is 0 Å². The standard InChI is InChI=1S/C17H19Cl/c1-13-7-6-8-14(2)17(13)11-16(12-18)15-9-4-3-5-10-15/h3-10,16H,11-12H2,1-2H3. The zero-order valence-electron chi connectivity index (χ0n) is 11.0. The van der Waals surface area contributed by atoms with Crippen LogP contribution in [0.15, 0.2) is 48.5 Å². The van der Waals surface area contributed by atoms with E-state index in [2.05, 4.69) is 56.3 Å².